The lowest BCUT2D eigenvalue weighted by Crippen LogP contribution is -2.52. The molecule has 2 saturated heterocycles. The summed E-state index contributed by atoms with van der Waals surface area (Å²) in [5, 5.41) is 2.35. The van der Waals surface area contributed by atoms with Crippen molar-refractivity contribution in [3.05, 3.63) is 58.7 Å². The van der Waals surface area contributed by atoms with Gasteiger partial charge in [0.2, 0.25) is 21.8 Å². The van der Waals surface area contributed by atoms with Crippen LogP contribution in [0.3, 0.4) is 0 Å². The van der Waals surface area contributed by atoms with Crippen LogP contribution in [0.5, 0.6) is 5.75 Å². The summed E-state index contributed by atoms with van der Waals surface area (Å²) in [6, 6.07) is 10.7. The number of carbonyl (C=O) groups excluding carboxylic acids is 3. The summed E-state index contributed by atoms with van der Waals surface area (Å²) in [4.78, 5) is 41.1. The third-order valence-corrected chi connectivity index (χ3v) is 8.79. The van der Waals surface area contributed by atoms with Gasteiger partial charge < -0.3 is 9.64 Å². The number of nitrogens with zero attached hydrogens (tertiary/aromatic N) is 2. The standard InChI is InChI=1S/C27H30N4O6S/c1-38(35,36)29-18-4-2-3-17(13-18)14-30-11-9-27(10-12-30)16-37-24-20-15-31(22-7-8-23(32)28-25(22)33)26(34)19(20)5-6-21(24)27/h2-6,13,22,29H,7-12,14-16H2,1H3,(H,28,32,33). The van der Waals surface area contributed by atoms with Crippen molar-refractivity contribution in [3.63, 3.8) is 0 Å². The molecule has 4 heterocycles. The fraction of sp³-hybridized carbons (Fsp3) is 0.444. The zero-order chi connectivity index (χ0) is 26.7. The number of rotatable bonds is 5. The molecule has 1 unspecified atom stereocenters. The van der Waals surface area contributed by atoms with Crippen molar-refractivity contribution in [2.75, 3.05) is 30.7 Å². The molecule has 1 atom stereocenters. The number of amides is 3. The fourth-order valence-corrected chi connectivity index (χ4v) is 6.80. The molecule has 0 aliphatic carbocycles. The van der Waals surface area contributed by atoms with E-state index < -0.39 is 22.0 Å². The van der Waals surface area contributed by atoms with Crippen LogP contribution < -0.4 is 14.8 Å². The van der Waals surface area contributed by atoms with E-state index in [0.717, 1.165) is 61.2 Å². The van der Waals surface area contributed by atoms with Crippen LogP contribution in [0.2, 0.25) is 0 Å². The van der Waals surface area contributed by atoms with E-state index in [-0.39, 0.29) is 23.7 Å². The van der Waals surface area contributed by atoms with Crippen molar-refractivity contribution in [2.45, 2.75) is 50.2 Å². The Morgan fingerprint density at radius 2 is 1.92 bits per heavy atom. The van der Waals surface area contributed by atoms with E-state index in [9.17, 15) is 22.8 Å². The van der Waals surface area contributed by atoms with Gasteiger partial charge >= 0.3 is 0 Å². The Morgan fingerprint density at radius 1 is 1.13 bits per heavy atom. The molecule has 6 rings (SSSR count). The molecule has 0 saturated carbocycles. The monoisotopic (exact) mass is 538 g/mol. The number of nitrogens with one attached hydrogen (secondary N) is 2. The molecule has 38 heavy (non-hydrogen) atoms. The second-order valence-corrected chi connectivity index (χ2v) is 12.5. The van der Waals surface area contributed by atoms with E-state index in [1.54, 1.807) is 11.0 Å². The Balaban J connectivity index is 1.15. The molecule has 10 nitrogen and oxygen atoms in total. The molecule has 2 fully saturated rings. The first-order valence-corrected chi connectivity index (χ1v) is 14.7. The summed E-state index contributed by atoms with van der Waals surface area (Å²) in [5.41, 5.74) is 4.03. The Hall–Kier alpha value is -3.44. The van der Waals surface area contributed by atoms with E-state index in [0.29, 0.717) is 30.8 Å². The largest absolute Gasteiger partial charge is 0.492 e. The molecule has 4 aliphatic rings. The van der Waals surface area contributed by atoms with Crippen LogP contribution in [-0.4, -0.2) is 67.9 Å². The van der Waals surface area contributed by atoms with Gasteiger partial charge in [0.15, 0.2) is 0 Å². The maximum absolute atomic E-state index is 13.2. The Labute approximate surface area is 221 Å². The number of ether oxygens (including phenoxy) is 1. The highest BCUT2D eigenvalue weighted by atomic mass is 32.2. The number of anilines is 1. The summed E-state index contributed by atoms with van der Waals surface area (Å²) < 4.78 is 31.9. The average Bonchev–Trinajstić information content (AvgIpc) is 3.38. The lowest BCUT2D eigenvalue weighted by molar-refractivity contribution is -0.136. The Morgan fingerprint density at radius 3 is 2.66 bits per heavy atom. The Bertz CT molecular complexity index is 1450. The number of piperidine rings is 2. The average molecular weight is 539 g/mol. The minimum Gasteiger partial charge on any atom is -0.492 e. The Kier molecular flexibility index (Phi) is 5.95. The van der Waals surface area contributed by atoms with E-state index in [1.165, 1.54) is 0 Å². The predicted molar refractivity (Wildman–Crippen MR) is 139 cm³/mol. The van der Waals surface area contributed by atoms with E-state index in [1.807, 2.05) is 30.3 Å². The van der Waals surface area contributed by atoms with Crippen molar-refractivity contribution >= 4 is 33.4 Å². The van der Waals surface area contributed by atoms with Gasteiger partial charge in [0.25, 0.3) is 5.91 Å². The number of carbonyl (C=O) groups is 3. The van der Waals surface area contributed by atoms with Crippen LogP contribution in [0.25, 0.3) is 0 Å². The first kappa shape index (κ1) is 24.9. The van der Waals surface area contributed by atoms with Crippen molar-refractivity contribution in [1.29, 1.82) is 0 Å². The van der Waals surface area contributed by atoms with Crippen molar-refractivity contribution in [2.24, 2.45) is 0 Å². The number of sulfonamides is 1. The van der Waals surface area contributed by atoms with Gasteiger partial charge in [-0.3, -0.25) is 29.3 Å². The van der Waals surface area contributed by atoms with Crippen LogP contribution in [0, 0.1) is 0 Å². The number of likely N-dealkylation sites (tertiary alicyclic amines) is 1. The van der Waals surface area contributed by atoms with Crippen molar-refractivity contribution in [3.8, 4) is 5.75 Å². The van der Waals surface area contributed by atoms with Gasteiger partial charge in [0.05, 0.1) is 19.4 Å². The lowest BCUT2D eigenvalue weighted by atomic mass is 9.74. The topological polar surface area (TPSA) is 125 Å². The van der Waals surface area contributed by atoms with Crippen LogP contribution >= 0.6 is 0 Å². The van der Waals surface area contributed by atoms with Gasteiger partial charge in [0.1, 0.15) is 11.8 Å². The zero-order valence-corrected chi connectivity index (χ0v) is 22.0. The highest BCUT2D eigenvalue weighted by Gasteiger charge is 2.47. The molecule has 0 aromatic heterocycles. The van der Waals surface area contributed by atoms with Crippen molar-refractivity contribution < 1.29 is 27.5 Å². The summed E-state index contributed by atoms with van der Waals surface area (Å²) >= 11 is 0. The molecular formula is C27H30N4O6S. The van der Waals surface area contributed by atoms with Gasteiger partial charge in [-0.2, -0.15) is 0 Å². The van der Waals surface area contributed by atoms with Gasteiger partial charge in [-0.15, -0.1) is 0 Å². The maximum Gasteiger partial charge on any atom is 0.255 e. The smallest absolute Gasteiger partial charge is 0.255 e. The lowest BCUT2D eigenvalue weighted by Gasteiger charge is -2.38. The summed E-state index contributed by atoms with van der Waals surface area (Å²) in [6.07, 6.45) is 3.52. The number of hydrogen-bond donors (Lipinski definition) is 2. The van der Waals surface area contributed by atoms with Crippen LogP contribution in [0.4, 0.5) is 5.69 Å². The van der Waals surface area contributed by atoms with Gasteiger partial charge in [-0.25, -0.2) is 8.42 Å². The summed E-state index contributed by atoms with van der Waals surface area (Å²) in [7, 11) is -3.33. The minimum atomic E-state index is -3.33. The molecule has 0 bridgehead atoms. The molecule has 2 aromatic rings. The molecule has 2 N–H and O–H groups in total. The molecule has 0 radical (unpaired) electrons. The highest BCUT2D eigenvalue weighted by molar-refractivity contribution is 7.92. The second kappa shape index (κ2) is 9.09. The van der Waals surface area contributed by atoms with Crippen LogP contribution in [0.15, 0.2) is 36.4 Å². The fourth-order valence-electron chi connectivity index (χ4n) is 6.24. The number of benzene rings is 2. The van der Waals surface area contributed by atoms with Gasteiger partial charge in [-0.1, -0.05) is 18.2 Å². The van der Waals surface area contributed by atoms with Crippen LogP contribution in [-0.2, 0) is 38.1 Å². The van der Waals surface area contributed by atoms with Gasteiger partial charge in [-0.05, 0) is 56.1 Å². The maximum atomic E-state index is 13.2. The third-order valence-electron chi connectivity index (χ3n) is 8.18. The zero-order valence-electron chi connectivity index (χ0n) is 21.2. The molecular weight excluding hydrogens is 508 g/mol. The van der Waals surface area contributed by atoms with E-state index in [4.69, 9.17) is 4.74 Å². The molecule has 4 aliphatic heterocycles. The molecule has 1 spiro atoms. The molecule has 3 amide bonds. The molecule has 2 aromatic carbocycles. The first-order chi connectivity index (χ1) is 18.1. The van der Waals surface area contributed by atoms with Crippen LogP contribution in [0.1, 0.15) is 52.7 Å². The summed E-state index contributed by atoms with van der Waals surface area (Å²) in [5.74, 6) is -0.129. The molecule has 200 valence electrons. The van der Waals surface area contributed by atoms with Crippen molar-refractivity contribution in [1.82, 2.24) is 15.1 Å². The number of fused-ring (bicyclic) bond motifs is 4. The first-order valence-electron chi connectivity index (χ1n) is 12.8. The van der Waals surface area contributed by atoms with E-state index in [2.05, 4.69) is 14.9 Å². The quantitative estimate of drug-likeness (QED) is 0.556. The second-order valence-electron chi connectivity index (χ2n) is 10.8. The van der Waals surface area contributed by atoms with Gasteiger partial charge in [0, 0.05) is 40.8 Å². The van der Waals surface area contributed by atoms with E-state index >= 15 is 0 Å². The summed E-state index contributed by atoms with van der Waals surface area (Å²) in [6.45, 7) is 3.33. The normalized spacial score (nSPS) is 22.7. The highest BCUT2D eigenvalue weighted by Crippen LogP contribution is 2.49. The third kappa shape index (κ3) is 4.43. The SMILES string of the molecule is CS(=O)(=O)Nc1cccc(CN2CCC3(CC2)COc2c3ccc3c2CN(C2CCC(=O)NC2=O)C3=O)c1. The minimum absolute atomic E-state index is 0.119. The molecule has 11 heteroatoms. The predicted octanol–water partition coefficient (Wildman–Crippen LogP) is 1.75. The number of hydrogen-bond acceptors (Lipinski definition) is 7. The number of imide groups is 1.